The zero-order valence-electron chi connectivity index (χ0n) is 16.5. The van der Waals surface area contributed by atoms with Gasteiger partial charge in [-0.05, 0) is 62.3 Å². The van der Waals surface area contributed by atoms with E-state index in [2.05, 4.69) is 22.5 Å². The zero-order valence-corrected chi connectivity index (χ0v) is 17.3. The number of hydrogen-bond donors (Lipinski definition) is 3. The number of amides is 2. The highest BCUT2D eigenvalue weighted by molar-refractivity contribution is 6.22. The monoisotopic (exact) mass is 437 g/mol. The molecule has 2 aromatic carbocycles. The van der Waals surface area contributed by atoms with Crippen LogP contribution in [0.4, 0.5) is 0 Å². The lowest BCUT2D eigenvalue weighted by Gasteiger charge is -2.33. The van der Waals surface area contributed by atoms with Crippen molar-refractivity contribution in [1.82, 2.24) is 15.2 Å². The Bertz CT molecular complexity index is 1140. The van der Waals surface area contributed by atoms with Crippen molar-refractivity contribution >= 4 is 34.6 Å². The Hall–Kier alpha value is -3.31. The minimum absolute atomic E-state index is 0.0122. The first-order chi connectivity index (χ1) is 15.0. The number of benzene rings is 2. The molecule has 1 aromatic heterocycles. The molecule has 1 saturated heterocycles. The fraction of sp³-hybridized carbons (Fsp3) is 0.217. The van der Waals surface area contributed by atoms with Gasteiger partial charge in [0, 0.05) is 28.3 Å². The Morgan fingerprint density at radius 1 is 1.13 bits per heavy atom. The Morgan fingerprint density at radius 2 is 1.84 bits per heavy atom. The molecule has 0 atom stereocenters. The first kappa shape index (κ1) is 20.9. The van der Waals surface area contributed by atoms with Crippen LogP contribution in [0.2, 0.25) is 0 Å². The summed E-state index contributed by atoms with van der Waals surface area (Å²) in [6, 6.07) is 15.6. The second-order valence-electron chi connectivity index (χ2n) is 7.33. The molecule has 1 aliphatic rings. The normalized spacial score (nSPS) is 15.0. The highest BCUT2D eigenvalue weighted by Gasteiger charge is 2.33. The van der Waals surface area contributed by atoms with Gasteiger partial charge in [0.2, 0.25) is 0 Å². The number of halogens is 1. The van der Waals surface area contributed by atoms with Crippen molar-refractivity contribution in [3.05, 3.63) is 71.5 Å². The maximum absolute atomic E-state index is 12.9. The summed E-state index contributed by atoms with van der Waals surface area (Å²) in [7, 11) is 0. The van der Waals surface area contributed by atoms with Crippen LogP contribution in [0.25, 0.3) is 11.0 Å². The van der Waals surface area contributed by atoms with Crippen molar-refractivity contribution in [2.24, 2.45) is 0 Å². The van der Waals surface area contributed by atoms with Crippen LogP contribution in [0.1, 0.15) is 39.3 Å². The summed E-state index contributed by atoms with van der Waals surface area (Å²) in [5, 5.41) is 16.3. The predicted molar refractivity (Wildman–Crippen MR) is 116 cm³/mol. The molecule has 7 nitrogen and oxygen atoms in total. The van der Waals surface area contributed by atoms with Crippen molar-refractivity contribution < 1.29 is 19.2 Å². The summed E-state index contributed by atoms with van der Waals surface area (Å²) in [6.45, 7) is 1.45. The van der Waals surface area contributed by atoms with Crippen molar-refractivity contribution in [3.8, 4) is 11.8 Å². The number of carbonyl (C=O) groups is 2. The van der Waals surface area contributed by atoms with Crippen LogP contribution in [-0.2, 0) is 0 Å². The molecule has 1 aliphatic heterocycles. The third-order valence-corrected chi connectivity index (χ3v) is 5.36. The first-order valence-electron chi connectivity index (χ1n) is 9.80. The number of fused-ring (bicyclic) bond motifs is 1. The Labute approximate surface area is 184 Å². The fourth-order valence-electron chi connectivity index (χ4n) is 3.50. The molecule has 0 saturated carbocycles. The van der Waals surface area contributed by atoms with E-state index in [0.717, 1.165) is 18.5 Å². The molecule has 1 fully saturated rings. The number of piperidine rings is 1. The molecule has 31 heavy (non-hydrogen) atoms. The fourth-order valence-corrected chi connectivity index (χ4v) is 3.60. The number of para-hydroxylation sites is 1. The molecule has 3 N–H and O–H groups in total. The average Bonchev–Trinajstić information content (AvgIpc) is 3.23. The smallest absolute Gasteiger partial charge is 0.292 e. The Morgan fingerprint density at radius 3 is 2.52 bits per heavy atom. The number of carbonyl (C=O) groups excluding carboxylic acids is 2. The summed E-state index contributed by atoms with van der Waals surface area (Å²) in [6.07, 6.45) is 1.29. The summed E-state index contributed by atoms with van der Waals surface area (Å²) in [5.41, 5.74) is 0.865. The van der Waals surface area contributed by atoms with Gasteiger partial charge in [-0.15, -0.1) is 4.58 Å². The van der Waals surface area contributed by atoms with E-state index in [1.807, 2.05) is 24.3 Å². The summed E-state index contributed by atoms with van der Waals surface area (Å²) in [5.74, 6) is 5.53. The minimum Gasteiger partial charge on any atom is -0.451 e. The molecule has 4 rings (SSSR count). The maximum Gasteiger partial charge on any atom is 0.292 e. The van der Waals surface area contributed by atoms with Gasteiger partial charge in [0.05, 0.1) is 0 Å². The lowest BCUT2D eigenvalue weighted by Crippen LogP contribution is -2.53. The van der Waals surface area contributed by atoms with Gasteiger partial charge in [0.15, 0.2) is 5.76 Å². The highest BCUT2D eigenvalue weighted by Crippen LogP contribution is 2.22. The van der Waals surface area contributed by atoms with Gasteiger partial charge in [-0.1, -0.05) is 30.0 Å². The van der Waals surface area contributed by atoms with Crippen molar-refractivity contribution in [2.75, 3.05) is 13.1 Å². The molecule has 0 spiro atoms. The maximum atomic E-state index is 12.9. The van der Waals surface area contributed by atoms with Crippen molar-refractivity contribution in [2.45, 2.75) is 18.4 Å². The Kier molecular flexibility index (Phi) is 5.96. The molecule has 0 aliphatic carbocycles. The molecular formula is C23H20ClN3O4. The average molecular weight is 438 g/mol. The van der Waals surface area contributed by atoms with E-state index in [9.17, 15) is 9.59 Å². The largest absolute Gasteiger partial charge is 0.451 e. The number of hydrogen-bond acceptors (Lipinski definition) is 5. The quantitative estimate of drug-likeness (QED) is 0.253. The van der Waals surface area contributed by atoms with Gasteiger partial charge in [0.25, 0.3) is 11.8 Å². The van der Waals surface area contributed by atoms with Crippen molar-refractivity contribution in [3.63, 3.8) is 0 Å². The SMILES string of the molecule is O=C(NC1(C#Cc2ccc(C(=O)N(O)Cl)cc2)CCNCC1)c1cc2ccccc2o1. The minimum atomic E-state index is -0.728. The van der Waals surface area contributed by atoms with Crippen LogP contribution in [0.5, 0.6) is 0 Å². The summed E-state index contributed by atoms with van der Waals surface area (Å²) >= 11 is 5.27. The van der Waals surface area contributed by atoms with Gasteiger partial charge >= 0.3 is 0 Å². The van der Waals surface area contributed by atoms with E-state index < -0.39 is 11.4 Å². The van der Waals surface area contributed by atoms with E-state index in [1.54, 1.807) is 18.2 Å². The molecule has 3 aromatic rings. The van der Waals surface area contributed by atoms with Gasteiger partial charge in [0.1, 0.15) is 11.1 Å². The van der Waals surface area contributed by atoms with Gasteiger partial charge in [-0.25, -0.2) is 0 Å². The molecular weight excluding hydrogens is 418 g/mol. The van der Waals surface area contributed by atoms with Crippen LogP contribution < -0.4 is 10.6 Å². The van der Waals surface area contributed by atoms with Gasteiger partial charge < -0.3 is 15.1 Å². The molecule has 2 amide bonds. The number of nitrogens with one attached hydrogen (secondary N) is 2. The second-order valence-corrected chi connectivity index (χ2v) is 7.65. The molecule has 0 unspecified atom stereocenters. The van der Waals surface area contributed by atoms with Crippen LogP contribution in [0, 0.1) is 11.8 Å². The predicted octanol–water partition coefficient (Wildman–Crippen LogP) is 3.32. The van der Waals surface area contributed by atoms with Crippen LogP contribution in [0.15, 0.2) is 59.0 Å². The summed E-state index contributed by atoms with van der Waals surface area (Å²) < 4.78 is 5.70. The van der Waals surface area contributed by atoms with Gasteiger partial charge in [-0.3, -0.25) is 14.8 Å². The van der Waals surface area contributed by atoms with Crippen LogP contribution in [-0.4, -0.2) is 40.2 Å². The molecule has 0 radical (unpaired) electrons. The molecule has 158 valence electrons. The second kappa shape index (κ2) is 8.82. The first-order valence-corrected chi connectivity index (χ1v) is 10.1. The third kappa shape index (κ3) is 4.72. The standard InChI is InChI=1S/C23H20ClN3O4/c24-27(30)22(29)17-7-5-16(6-8-17)9-10-23(11-13-25-14-12-23)26-21(28)20-15-18-3-1-2-4-19(18)31-20/h1-8,15,25,30H,11-14H2,(H,26,28). The zero-order chi connectivity index (χ0) is 21.8. The number of nitrogens with zero attached hydrogens (tertiary/aromatic N) is 1. The number of hydroxylamine groups is 1. The van der Waals surface area contributed by atoms with E-state index in [-0.39, 0.29) is 21.8 Å². The lowest BCUT2D eigenvalue weighted by atomic mass is 9.88. The molecule has 2 heterocycles. The topological polar surface area (TPSA) is 94.8 Å². The lowest BCUT2D eigenvalue weighted by molar-refractivity contribution is 0.00924. The van der Waals surface area contributed by atoms with Crippen LogP contribution in [0.3, 0.4) is 0 Å². The molecule has 8 heteroatoms. The number of rotatable bonds is 3. The summed E-state index contributed by atoms with van der Waals surface area (Å²) in [4.78, 5) is 24.6. The number of furan rings is 1. The third-order valence-electron chi connectivity index (χ3n) is 5.20. The van der Waals surface area contributed by atoms with E-state index >= 15 is 0 Å². The van der Waals surface area contributed by atoms with E-state index in [4.69, 9.17) is 21.4 Å². The van der Waals surface area contributed by atoms with Gasteiger partial charge in [-0.2, -0.15) is 0 Å². The van der Waals surface area contributed by atoms with E-state index in [0.29, 0.717) is 24.0 Å². The van der Waals surface area contributed by atoms with E-state index in [1.165, 1.54) is 12.1 Å². The highest BCUT2D eigenvalue weighted by atomic mass is 35.5. The van der Waals surface area contributed by atoms with Crippen molar-refractivity contribution in [1.29, 1.82) is 0 Å². The Balaban J connectivity index is 1.56. The molecule has 0 bridgehead atoms. The van der Waals surface area contributed by atoms with Crippen LogP contribution >= 0.6 is 11.8 Å².